The lowest BCUT2D eigenvalue weighted by molar-refractivity contribution is -0.132. The number of ether oxygens (including phenoxy) is 4. The van der Waals surface area contributed by atoms with Crippen LogP contribution in [0.1, 0.15) is 34.5 Å². The Morgan fingerprint density at radius 1 is 1.02 bits per heavy atom. The van der Waals surface area contributed by atoms with Gasteiger partial charge >= 0.3 is 11.9 Å². The maximum Gasteiger partial charge on any atom is 0.337 e. The maximum absolute atomic E-state index is 13.6. The number of fused-ring (bicyclic) bond motifs is 2. The number of anilines is 1. The highest BCUT2D eigenvalue weighted by atomic mass is 32.1. The van der Waals surface area contributed by atoms with E-state index in [4.69, 9.17) is 18.9 Å². The molecule has 1 atom stereocenters. The van der Waals surface area contributed by atoms with Crippen LogP contribution < -0.4 is 19.1 Å². The van der Waals surface area contributed by atoms with Crippen molar-refractivity contribution >= 4 is 50.1 Å². The third-order valence-corrected chi connectivity index (χ3v) is 7.79. The molecule has 1 unspecified atom stereocenters. The van der Waals surface area contributed by atoms with Gasteiger partial charge in [0.15, 0.2) is 16.6 Å². The zero-order valence-electron chi connectivity index (χ0n) is 22.1. The molecule has 10 nitrogen and oxygen atoms in total. The molecule has 3 heterocycles. The van der Waals surface area contributed by atoms with Crippen LogP contribution >= 0.6 is 11.3 Å². The quantitative estimate of drug-likeness (QED) is 0.149. The zero-order valence-corrected chi connectivity index (χ0v) is 22.9. The molecule has 2 aliphatic heterocycles. The molecular weight excluding hydrogens is 548 g/mol. The lowest BCUT2D eigenvalue weighted by Gasteiger charge is -2.23. The number of Topliss-reactive ketones (excluding diaryl/α,β-unsaturated/α-hetero) is 1. The monoisotopic (exact) mass is 572 g/mol. The molecule has 1 N–H and O–H groups in total. The first-order valence-electron chi connectivity index (χ1n) is 12.8. The smallest absolute Gasteiger partial charge is 0.337 e. The van der Waals surface area contributed by atoms with Gasteiger partial charge in [0.2, 0.25) is 0 Å². The van der Waals surface area contributed by atoms with Crippen molar-refractivity contribution in [2.75, 3.05) is 31.8 Å². The summed E-state index contributed by atoms with van der Waals surface area (Å²) >= 11 is 1.23. The number of amides is 1. The van der Waals surface area contributed by atoms with Gasteiger partial charge in [-0.1, -0.05) is 23.5 Å². The Hall–Kier alpha value is -4.90. The van der Waals surface area contributed by atoms with Gasteiger partial charge in [0.1, 0.15) is 24.7 Å². The Kier molecular flexibility index (Phi) is 6.80. The molecule has 2 aliphatic rings. The Bertz CT molecular complexity index is 1730. The van der Waals surface area contributed by atoms with Gasteiger partial charge in [0.05, 0.1) is 41.1 Å². The molecule has 6 rings (SSSR count). The molecule has 1 aromatic heterocycles. The van der Waals surface area contributed by atoms with Crippen LogP contribution in [0.3, 0.4) is 0 Å². The molecule has 1 saturated heterocycles. The molecule has 41 heavy (non-hydrogen) atoms. The summed E-state index contributed by atoms with van der Waals surface area (Å²) in [5.74, 6) is -1.01. The third-order valence-electron chi connectivity index (χ3n) is 6.77. The first-order chi connectivity index (χ1) is 19.9. The summed E-state index contributed by atoms with van der Waals surface area (Å²) in [6, 6.07) is 15.5. The predicted molar refractivity (Wildman–Crippen MR) is 151 cm³/mol. The maximum atomic E-state index is 13.6. The largest absolute Gasteiger partial charge is 0.507 e. The summed E-state index contributed by atoms with van der Waals surface area (Å²) in [6.07, 6.45) is 0. The number of ketones is 1. The number of hydrogen-bond acceptors (Lipinski definition) is 10. The number of hydrogen-bond donors (Lipinski definition) is 1. The summed E-state index contributed by atoms with van der Waals surface area (Å²) in [5.41, 5.74) is 1.58. The number of rotatable bonds is 6. The highest BCUT2D eigenvalue weighted by Gasteiger charge is 2.48. The van der Waals surface area contributed by atoms with Crippen LogP contribution in [0.4, 0.5) is 5.13 Å². The number of aromatic nitrogens is 1. The number of aliphatic hydroxyl groups is 1. The van der Waals surface area contributed by atoms with E-state index in [0.717, 1.165) is 4.70 Å². The van der Waals surface area contributed by atoms with E-state index in [2.05, 4.69) is 4.98 Å². The molecule has 0 aliphatic carbocycles. The summed E-state index contributed by atoms with van der Waals surface area (Å²) in [4.78, 5) is 45.1. The number of aliphatic hydroxyl groups excluding tert-OH is 1. The molecular formula is C30H24N2O8S. The lowest BCUT2D eigenvalue weighted by Crippen LogP contribution is -2.29. The Morgan fingerprint density at radius 3 is 2.49 bits per heavy atom. The molecule has 0 saturated carbocycles. The predicted octanol–water partition coefficient (Wildman–Crippen LogP) is 4.88. The molecule has 0 radical (unpaired) electrons. The van der Waals surface area contributed by atoms with Gasteiger partial charge in [0, 0.05) is 5.56 Å². The number of benzene rings is 3. The van der Waals surface area contributed by atoms with E-state index in [-0.39, 0.29) is 22.0 Å². The van der Waals surface area contributed by atoms with Gasteiger partial charge < -0.3 is 24.1 Å². The zero-order chi connectivity index (χ0) is 28.7. The van der Waals surface area contributed by atoms with E-state index in [0.29, 0.717) is 53.7 Å². The van der Waals surface area contributed by atoms with E-state index in [1.807, 2.05) is 13.0 Å². The average molecular weight is 573 g/mol. The van der Waals surface area contributed by atoms with Crippen molar-refractivity contribution in [3.63, 3.8) is 0 Å². The molecule has 4 aromatic rings. The first-order valence-corrected chi connectivity index (χ1v) is 13.6. The Morgan fingerprint density at radius 2 is 1.76 bits per heavy atom. The van der Waals surface area contributed by atoms with E-state index in [1.165, 1.54) is 35.5 Å². The average Bonchev–Trinajstić information content (AvgIpc) is 3.53. The van der Waals surface area contributed by atoms with Gasteiger partial charge in [-0.15, -0.1) is 0 Å². The fourth-order valence-electron chi connectivity index (χ4n) is 4.86. The Balaban J connectivity index is 1.50. The van der Waals surface area contributed by atoms with Crippen molar-refractivity contribution < 1.29 is 38.4 Å². The van der Waals surface area contributed by atoms with Crippen molar-refractivity contribution in [1.29, 1.82) is 0 Å². The van der Waals surface area contributed by atoms with Crippen LogP contribution in [-0.4, -0.2) is 54.7 Å². The molecule has 11 heteroatoms. The van der Waals surface area contributed by atoms with Crippen LogP contribution in [0.2, 0.25) is 0 Å². The lowest BCUT2D eigenvalue weighted by atomic mass is 9.94. The molecule has 1 amide bonds. The third kappa shape index (κ3) is 4.63. The van der Waals surface area contributed by atoms with E-state index >= 15 is 0 Å². The van der Waals surface area contributed by atoms with Crippen LogP contribution in [0.25, 0.3) is 16.0 Å². The van der Waals surface area contributed by atoms with Crippen molar-refractivity contribution in [3.05, 3.63) is 82.9 Å². The highest BCUT2D eigenvalue weighted by molar-refractivity contribution is 7.22. The summed E-state index contributed by atoms with van der Waals surface area (Å²) in [7, 11) is 1.28. The fourth-order valence-corrected chi connectivity index (χ4v) is 5.88. The van der Waals surface area contributed by atoms with Gasteiger partial charge in [-0.2, -0.15) is 0 Å². The normalized spacial score (nSPS) is 17.6. The van der Waals surface area contributed by atoms with Gasteiger partial charge in [-0.25, -0.2) is 9.78 Å². The highest BCUT2D eigenvalue weighted by Crippen LogP contribution is 2.45. The SMILES string of the molecule is CCOc1ccc2nc(N3C(=O)C(=O)/C(=C(/O)c4ccc5c(c4)OCCO5)C3c3ccc(C(=O)OC)cc3)sc2c1. The van der Waals surface area contributed by atoms with E-state index < -0.39 is 23.7 Å². The number of thiazole rings is 1. The van der Waals surface area contributed by atoms with Crippen molar-refractivity contribution in [3.8, 4) is 17.2 Å². The van der Waals surface area contributed by atoms with E-state index in [9.17, 15) is 19.5 Å². The molecule has 0 spiro atoms. The number of methoxy groups -OCH3 is 1. The number of esters is 1. The Labute approximate surface area is 238 Å². The number of carbonyl (C=O) groups excluding carboxylic acids is 3. The second-order valence-electron chi connectivity index (χ2n) is 9.20. The molecule has 1 fully saturated rings. The first kappa shape index (κ1) is 26.3. The topological polar surface area (TPSA) is 124 Å². The van der Waals surface area contributed by atoms with Crippen LogP contribution in [0, 0.1) is 0 Å². The summed E-state index contributed by atoms with van der Waals surface area (Å²) in [5, 5.41) is 11.8. The standard InChI is InChI=1S/C30H24N2O8S/c1-3-38-19-9-10-20-23(15-19)41-30(31-20)32-25(16-4-6-17(7-5-16)29(36)37-2)24(27(34)28(32)35)26(33)18-8-11-21-22(14-18)40-13-12-39-21/h4-11,14-15,25,33H,3,12-13H2,1-2H3/b26-24+. The second kappa shape index (κ2) is 10.6. The number of carbonyl (C=O) groups is 3. The van der Waals surface area contributed by atoms with Crippen LogP contribution in [0.5, 0.6) is 17.2 Å². The fraction of sp³-hybridized carbons (Fsp3) is 0.200. The van der Waals surface area contributed by atoms with Crippen LogP contribution in [0.15, 0.2) is 66.2 Å². The van der Waals surface area contributed by atoms with Gasteiger partial charge in [-0.3, -0.25) is 14.5 Å². The second-order valence-corrected chi connectivity index (χ2v) is 10.2. The molecule has 208 valence electrons. The van der Waals surface area contributed by atoms with Gasteiger partial charge in [-0.05, 0) is 61.0 Å². The summed E-state index contributed by atoms with van der Waals surface area (Å²) < 4.78 is 22.4. The number of nitrogens with zero attached hydrogens (tertiary/aromatic N) is 2. The van der Waals surface area contributed by atoms with Crippen LogP contribution in [-0.2, 0) is 14.3 Å². The van der Waals surface area contributed by atoms with E-state index in [1.54, 1.807) is 42.5 Å². The minimum atomic E-state index is -1.03. The van der Waals surface area contributed by atoms with Crippen molar-refractivity contribution in [2.24, 2.45) is 0 Å². The summed E-state index contributed by atoms with van der Waals surface area (Å²) in [6.45, 7) is 3.12. The molecule has 3 aromatic carbocycles. The molecule has 0 bridgehead atoms. The van der Waals surface area contributed by atoms with Gasteiger partial charge in [0.25, 0.3) is 5.78 Å². The van der Waals surface area contributed by atoms with Crippen molar-refractivity contribution in [2.45, 2.75) is 13.0 Å². The minimum Gasteiger partial charge on any atom is -0.507 e. The van der Waals surface area contributed by atoms with Crippen molar-refractivity contribution in [1.82, 2.24) is 4.98 Å². The minimum absolute atomic E-state index is 0.119.